The summed E-state index contributed by atoms with van der Waals surface area (Å²) in [5, 5.41) is 0. The summed E-state index contributed by atoms with van der Waals surface area (Å²) in [4.78, 5) is 20.0. The Labute approximate surface area is 199 Å². The number of amides is 1. The Bertz CT molecular complexity index is 1270. The molecule has 1 saturated heterocycles. The Hall–Kier alpha value is -3.67. The monoisotopic (exact) mass is 457 g/mol. The molecule has 0 N–H and O–H groups in total. The highest BCUT2D eigenvalue weighted by Gasteiger charge is 2.34. The van der Waals surface area contributed by atoms with Crippen molar-refractivity contribution in [2.45, 2.75) is 45.1 Å². The van der Waals surface area contributed by atoms with E-state index in [-0.39, 0.29) is 17.8 Å². The van der Waals surface area contributed by atoms with Crippen molar-refractivity contribution in [3.05, 3.63) is 95.0 Å². The van der Waals surface area contributed by atoms with E-state index in [4.69, 9.17) is 4.74 Å². The number of imidazole rings is 1. The second kappa shape index (κ2) is 9.29. The SMILES string of the molecule is COc1cc(C=C2CCC=C3CCC[C@@H](c4ccc(F)cc4)N3C2=O)ccc1-n1cnc(C)c1. The number of allylic oxidation sites excluding steroid dienone is 2. The number of hydrogen-bond acceptors (Lipinski definition) is 3. The van der Waals surface area contributed by atoms with Crippen LogP contribution in [0.25, 0.3) is 11.8 Å². The zero-order valence-electron chi connectivity index (χ0n) is 19.5. The Balaban J connectivity index is 1.48. The van der Waals surface area contributed by atoms with Crippen LogP contribution in [0.4, 0.5) is 4.39 Å². The number of halogens is 1. The van der Waals surface area contributed by atoms with E-state index in [2.05, 4.69) is 11.1 Å². The first-order valence-electron chi connectivity index (χ1n) is 11.7. The van der Waals surface area contributed by atoms with Gasteiger partial charge in [-0.2, -0.15) is 0 Å². The molecular formula is C28H28FN3O2. The molecule has 1 aromatic heterocycles. The fourth-order valence-corrected chi connectivity index (χ4v) is 4.94. The zero-order chi connectivity index (χ0) is 23.7. The Morgan fingerprint density at radius 1 is 1.15 bits per heavy atom. The molecule has 174 valence electrons. The van der Waals surface area contributed by atoms with E-state index in [1.807, 2.05) is 46.9 Å². The molecule has 3 heterocycles. The number of benzene rings is 2. The van der Waals surface area contributed by atoms with E-state index in [0.717, 1.165) is 59.5 Å². The maximum Gasteiger partial charge on any atom is 0.254 e. The number of aromatic nitrogens is 2. The van der Waals surface area contributed by atoms with Gasteiger partial charge in [-0.25, -0.2) is 9.37 Å². The minimum absolute atomic E-state index is 0.0334. The Morgan fingerprint density at radius 3 is 2.71 bits per heavy atom. The molecule has 5 nitrogen and oxygen atoms in total. The van der Waals surface area contributed by atoms with Crippen LogP contribution >= 0.6 is 0 Å². The summed E-state index contributed by atoms with van der Waals surface area (Å²) in [7, 11) is 1.65. The molecule has 1 atom stereocenters. The van der Waals surface area contributed by atoms with Crippen molar-refractivity contribution >= 4 is 12.0 Å². The van der Waals surface area contributed by atoms with Crippen LogP contribution in [0.3, 0.4) is 0 Å². The van der Waals surface area contributed by atoms with Crippen molar-refractivity contribution < 1.29 is 13.9 Å². The maximum absolute atomic E-state index is 13.8. The Morgan fingerprint density at radius 2 is 1.97 bits per heavy atom. The second-order valence-electron chi connectivity index (χ2n) is 8.89. The van der Waals surface area contributed by atoms with E-state index < -0.39 is 0 Å². The molecule has 2 aromatic carbocycles. The van der Waals surface area contributed by atoms with Crippen molar-refractivity contribution in [2.75, 3.05) is 7.11 Å². The van der Waals surface area contributed by atoms with Gasteiger partial charge in [0.25, 0.3) is 5.91 Å². The molecule has 34 heavy (non-hydrogen) atoms. The minimum Gasteiger partial charge on any atom is -0.495 e. The van der Waals surface area contributed by atoms with Gasteiger partial charge in [0.1, 0.15) is 11.6 Å². The van der Waals surface area contributed by atoms with Gasteiger partial charge in [-0.1, -0.05) is 24.3 Å². The summed E-state index contributed by atoms with van der Waals surface area (Å²) in [6, 6.07) is 12.4. The standard InChI is InChI=1S/C28H28FN3O2/c1-19-17-31(18-30-19)26-14-9-20(16-27(26)34-2)15-22-5-3-6-24-7-4-8-25(32(24)28(22)33)21-10-12-23(29)13-11-21/h6,9-18,25H,3-5,7-8H2,1-2H3/t25-/m0/s1. The lowest BCUT2D eigenvalue weighted by molar-refractivity contribution is -0.128. The van der Waals surface area contributed by atoms with Crippen LogP contribution in [0, 0.1) is 12.7 Å². The van der Waals surface area contributed by atoms with Gasteiger partial charge >= 0.3 is 0 Å². The third-order valence-corrected chi connectivity index (χ3v) is 6.61. The molecule has 0 bridgehead atoms. The van der Waals surface area contributed by atoms with Gasteiger partial charge in [-0.3, -0.25) is 4.79 Å². The summed E-state index contributed by atoms with van der Waals surface area (Å²) in [5.74, 6) is 0.487. The van der Waals surface area contributed by atoms with Gasteiger partial charge in [-0.05, 0) is 80.5 Å². The number of aryl methyl sites for hydroxylation is 1. The van der Waals surface area contributed by atoms with E-state index in [1.165, 1.54) is 12.1 Å². The van der Waals surface area contributed by atoms with E-state index in [1.54, 1.807) is 25.6 Å². The minimum atomic E-state index is -0.263. The lowest BCUT2D eigenvalue weighted by atomic mass is 9.92. The van der Waals surface area contributed by atoms with Gasteiger partial charge in [-0.15, -0.1) is 0 Å². The van der Waals surface area contributed by atoms with Crippen LogP contribution < -0.4 is 4.74 Å². The third kappa shape index (κ3) is 4.28. The zero-order valence-corrected chi connectivity index (χ0v) is 19.5. The van der Waals surface area contributed by atoms with Crippen molar-refractivity contribution in [3.8, 4) is 11.4 Å². The average Bonchev–Trinajstić information content (AvgIpc) is 3.22. The van der Waals surface area contributed by atoms with E-state index in [9.17, 15) is 9.18 Å². The smallest absolute Gasteiger partial charge is 0.254 e. The van der Waals surface area contributed by atoms with Crippen molar-refractivity contribution in [1.82, 2.24) is 14.5 Å². The number of carbonyl (C=O) groups excluding carboxylic acids is 1. The van der Waals surface area contributed by atoms with Gasteiger partial charge in [0.2, 0.25) is 0 Å². The number of piperidine rings is 1. The third-order valence-electron chi connectivity index (χ3n) is 6.61. The van der Waals surface area contributed by atoms with Gasteiger partial charge in [0.05, 0.1) is 30.9 Å². The first-order chi connectivity index (χ1) is 16.5. The predicted octanol–water partition coefficient (Wildman–Crippen LogP) is 6.14. The first kappa shape index (κ1) is 22.1. The van der Waals surface area contributed by atoms with Crippen LogP contribution in [0.15, 0.2) is 72.3 Å². The molecule has 0 radical (unpaired) electrons. The predicted molar refractivity (Wildman–Crippen MR) is 130 cm³/mol. The van der Waals surface area contributed by atoms with Crippen molar-refractivity contribution in [2.24, 2.45) is 0 Å². The molecule has 3 aromatic rings. The van der Waals surface area contributed by atoms with Crippen molar-refractivity contribution in [1.29, 1.82) is 0 Å². The summed E-state index contributed by atoms with van der Waals surface area (Å²) < 4.78 is 21.1. The van der Waals surface area contributed by atoms with Gasteiger partial charge in [0.15, 0.2) is 0 Å². The van der Waals surface area contributed by atoms with E-state index >= 15 is 0 Å². The van der Waals surface area contributed by atoms with Gasteiger partial charge < -0.3 is 14.2 Å². The highest BCUT2D eigenvalue weighted by molar-refractivity contribution is 5.99. The molecule has 2 aliphatic heterocycles. The maximum atomic E-state index is 13.8. The molecule has 2 aliphatic rings. The molecule has 1 amide bonds. The lowest BCUT2D eigenvalue weighted by Gasteiger charge is -2.38. The quantitative estimate of drug-likeness (QED) is 0.442. The number of fused-ring (bicyclic) bond motifs is 1. The summed E-state index contributed by atoms with van der Waals surface area (Å²) in [6.45, 7) is 1.95. The van der Waals surface area contributed by atoms with Crippen molar-refractivity contribution in [3.63, 3.8) is 0 Å². The highest BCUT2D eigenvalue weighted by atomic mass is 19.1. The molecule has 0 unspecified atom stereocenters. The number of carbonyl (C=O) groups is 1. The number of ether oxygens (including phenoxy) is 1. The van der Waals surface area contributed by atoms with Crippen LogP contribution in [0.2, 0.25) is 0 Å². The lowest BCUT2D eigenvalue weighted by Crippen LogP contribution is -2.37. The van der Waals surface area contributed by atoms with Crippen LogP contribution in [-0.4, -0.2) is 27.5 Å². The number of rotatable bonds is 4. The highest BCUT2D eigenvalue weighted by Crippen LogP contribution is 2.40. The van der Waals surface area contributed by atoms with Crippen LogP contribution in [0.5, 0.6) is 5.75 Å². The first-order valence-corrected chi connectivity index (χ1v) is 11.7. The molecule has 5 rings (SSSR count). The number of methoxy groups -OCH3 is 1. The van der Waals surface area contributed by atoms with Crippen LogP contribution in [-0.2, 0) is 4.79 Å². The van der Waals surface area contributed by atoms with E-state index in [0.29, 0.717) is 12.2 Å². The van der Waals surface area contributed by atoms with Gasteiger partial charge in [0, 0.05) is 17.5 Å². The van der Waals surface area contributed by atoms with Crippen LogP contribution in [0.1, 0.15) is 55.0 Å². The summed E-state index contributed by atoms with van der Waals surface area (Å²) in [5.41, 5.74) is 5.57. The fraction of sp³-hybridized carbons (Fsp3) is 0.286. The second-order valence-corrected chi connectivity index (χ2v) is 8.89. The molecule has 0 saturated carbocycles. The summed E-state index contributed by atoms with van der Waals surface area (Å²) in [6.07, 6.45) is 12.2. The summed E-state index contributed by atoms with van der Waals surface area (Å²) >= 11 is 0. The molecule has 0 aliphatic carbocycles. The topological polar surface area (TPSA) is 47.4 Å². The molecule has 0 spiro atoms. The fourth-order valence-electron chi connectivity index (χ4n) is 4.94. The normalized spacial score (nSPS) is 19.6. The number of nitrogens with zero attached hydrogens (tertiary/aromatic N) is 3. The largest absolute Gasteiger partial charge is 0.495 e. The molecule has 6 heteroatoms. The number of hydrogen-bond donors (Lipinski definition) is 0. The average molecular weight is 458 g/mol. The molecule has 1 fully saturated rings. The molecular weight excluding hydrogens is 429 g/mol. The Kier molecular flexibility index (Phi) is 6.05.